The zero-order valence-corrected chi connectivity index (χ0v) is 19.6. The third-order valence-electron chi connectivity index (χ3n) is 6.77. The van der Waals surface area contributed by atoms with E-state index in [1.54, 1.807) is 11.8 Å². The number of rotatable bonds is 3. The molecule has 7 rings (SSSR count). The molecule has 174 valence electrons. The van der Waals surface area contributed by atoms with Crippen molar-refractivity contribution in [3.8, 4) is 34.3 Å². The van der Waals surface area contributed by atoms with E-state index in [1.165, 1.54) is 0 Å². The number of aromatic nitrogens is 2. The van der Waals surface area contributed by atoms with Crippen molar-refractivity contribution < 1.29 is 18.8 Å². The molecule has 3 aromatic carbocycles. The standard InChI is InChI=1S/C27H21N3O4S/c31-27-19-7-3-4-8-23(19)35-24-14-16(9-11-20(24)30(27)18-5-1-2-6-18)25-28-26(34-29-25)17-10-12-21-22(13-17)33-15-32-21/h3-4,7-14,18H,1-2,5-6,15H2. The van der Waals surface area contributed by atoms with Crippen molar-refractivity contribution in [2.45, 2.75) is 41.5 Å². The Bertz CT molecular complexity index is 1460. The van der Waals surface area contributed by atoms with Gasteiger partial charge in [0.2, 0.25) is 12.6 Å². The van der Waals surface area contributed by atoms with E-state index in [2.05, 4.69) is 16.2 Å². The first-order chi connectivity index (χ1) is 17.2. The number of nitrogens with zero attached hydrogens (tertiary/aromatic N) is 3. The van der Waals surface area contributed by atoms with Gasteiger partial charge >= 0.3 is 0 Å². The molecular weight excluding hydrogens is 462 g/mol. The van der Waals surface area contributed by atoms with E-state index >= 15 is 0 Å². The second-order valence-corrected chi connectivity index (χ2v) is 9.97. The van der Waals surface area contributed by atoms with Crippen molar-refractivity contribution in [2.24, 2.45) is 0 Å². The Labute approximate surface area is 206 Å². The summed E-state index contributed by atoms with van der Waals surface area (Å²) in [6.07, 6.45) is 4.37. The third kappa shape index (κ3) is 3.47. The maximum atomic E-state index is 13.6. The predicted molar refractivity (Wildman–Crippen MR) is 131 cm³/mol. The summed E-state index contributed by atoms with van der Waals surface area (Å²) in [5.41, 5.74) is 3.31. The molecule has 0 bridgehead atoms. The van der Waals surface area contributed by atoms with E-state index in [9.17, 15) is 4.79 Å². The van der Waals surface area contributed by atoms with Crippen molar-refractivity contribution in [1.29, 1.82) is 0 Å². The lowest BCUT2D eigenvalue weighted by molar-refractivity contribution is 0.0974. The maximum absolute atomic E-state index is 13.6. The second kappa shape index (κ2) is 8.16. The minimum atomic E-state index is 0.0798. The number of carbonyl (C=O) groups excluding carboxylic acids is 1. The highest BCUT2D eigenvalue weighted by Crippen LogP contribution is 2.45. The third-order valence-corrected chi connectivity index (χ3v) is 7.89. The highest BCUT2D eigenvalue weighted by molar-refractivity contribution is 7.99. The molecule has 1 aromatic heterocycles. The zero-order valence-electron chi connectivity index (χ0n) is 18.8. The van der Waals surface area contributed by atoms with Crippen molar-refractivity contribution in [3.63, 3.8) is 0 Å². The summed E-state index contributed by atoms with van der Waals surface area (Å²) in [7, 11) is 0. The lowest BCUT2D eigenvalue weighted by atomic mass is 10.1. The second-order valence-electron chi connectivity index (χ2n) is 8.89. The van der Waals surface area contributed by atoms with Gasteiger partial charge in [-0.15, -0.1) is 0 Å². The number of anilines is 1. The first kappa shape index (κ1) is 20.6. The first-order valence-electron chi connectivity index (χ1n) is 11.7. The van der Waals surface area contributed by atoms with Crippen LogP contribution in [0.25, 0.3) is 22.8 Å². The molecule has 2 aliphatic heterocycles. The van der Waals surface area contributed by atoms with Crippen molar-refractivity contribution >= 4 is 23.4 Å². The Morgan fingerprint density at radius 1 is 0.886 bits per heavy atom. The van der Waals surface area contributed by atoms with Gasteiger partial charge in [0.15, 0.2) is 11.5 Å². The highest BCUT2D eigenvalue weighted by atomic mass is 32.2. The van der Waals surface area contributed by atoms with E-state index < -0.39 is 0 Å². The molecule has 0 radical (unpaired) electrons. The smallest absolute Gasteiger partial charge is 0.259 e. The molecule has 0 atom stereocenters. The van der Waals surface area contributed by atoms with Gasteiger partial charge in [0, 0.05) is 27.0 Å². The van der Waals surface area contributed by atoms with Gasteiger partial charge in [-0.1, -0.05) is 41.9 Å². The zero-order chi connectivity index (χ0) is 23.4. The fraction of sp³-hybridized carbons (Fsp3) is 0.222. The van der Waals surface area contributed by atoms with Crippen LogP contribution in [0, 0.1) is 0 Å². The molecule has 0 saturated heterocycles. The predicted octanol–water partition coefficient (Wildman–Crippen LogP) is 6.19. The number of amides is 1. The molecule has 0 N–H and O–H groups in total. The summed E-state index contributed by atoms with van der Waals surface area (Å²) in [4.78, 5) is 22.3. The minimum absolute atomic E-state index is 0.0798. The molecule has 1 aliphatic carbocycles. The Kier molecular flexibility index (Phi) is 4.80. The monoisotopic (exact) mass is 483 g/mol. The molecular formula is C27H21N3O4S. The summed E-state index contributed by atoms with van der Waals surface area (Å²) in [6, 6.07) is 19.7. The van der Waals surface area contributed by atoms with Gasteiger partial charge < -0.3 is 18.9 Å². The molecule has 1 fully saturated rings. The molecule has 3 heterocycles. The van der Waals surface area contributed by atoms with Gasteiger partial charge in [0.05, 0.1) is 11.3 Å². The van der Waals surface area contributed by atoms with Gasteiger partial charge in [-0.05, 0) is 61.4 Å². The van der Waals surface area contributed by atoms with E-state index in [4.69, 9.17) is 14.0 Å². The van der Waals surface area contributed by atoms with Crippen molar-refractivity contribution in [1.82, 2.24) is 10.1 Å². The van der Waals surface area contributed by atoms with Crippen LogP contribution in [0.1, 0.15) is 36.0 Å². The fourth-order valence-electron chi connectivity index (χ4n) is 5.04. The van der Waals surface area contributed by atoms with Crippen LogP contribution in [0.5, 0.6) is 11.5 Å². The van der Waals surface area contributed by atoms with Crippen LogP contribution in [0.2, 0.25) is 0 Å². The topological polar surface area (TPSA) is 77.7 Å². The molecule has 4 aromatic rings. The van der Waals surface area contributed by atoms with Gasteiger partial charge in [-0.3, -0.25) is 4.79 Å². The van der Waals surface area contributed by atoms with Crippen molar-refractivity contribution in [2.75, 3.05) is 11.7 Å². The van der Waals surface area contributed by atoms with Crippen LogP contribution >= 0.6 is 11.8 Å². The minimum Gasteiger partial charge on any atom is -0.454 e. The Morgan fingerprint density at radius 3 is 2.63 bits per heavy atom. The highest BCUT2D eigenvalue weighted by Gasteiger charge is 2.34. The van der Waals surface area contributed by atoms with Gasteiger partial charge in [-0.2, -0.15) is 4.98 Å². The van der Waals surface area contributed by atoms with Gasteiger partial charge in [0.25, 0.3) is 11.8 Å². The van der Waals surface area contributed by atoms with E-state index in [-0.39, 0.29) is 18.7 Å². The average molecular weight is 484 g/mol. The Morgan fingerprint density at radius 2 is 1.71 bits per heavy atom. The number of benzene rings is 3. The summed E-state index contributed by atoms with van der Waals surface area (Å²) in [6.45, 7) is 0.212. The molecule has 0 unspecified atom stereocenters. The quantitative estimate of drug-likeness (QED) is 0.344. The van der Waals surface area contributed by atoms with Gasteiger partial charge in [-0.25, -0.2) is 0 Å². The normalized spacial score (nSPS) is 16.8. The van der Waals surface area contributed by atoms with Crippen LogP contribution in [0.4, 0.5) is 5.69 Å². The fourth-order valence-corrected chi connectivity index (χ4v) is 6.14. The lowest BCUT2D eigenvalue weighted by Gasteiger charge is -2.29. The van der Waals surface area contributed by atoms with Crippen LogP contribution in [-0.2, 0) is 0 Å². The first-order valence-corrected chi connectivity index (χ1v) is 12.5. The average Bonchev–Trinajstić information content (AvgIpc) is 3.65. The lowest BCUT2D eigenvalue weighted by Crippen LogP contribution is -2.39. The number of hydrogen-bond donors (Lipinski definition) is 0. The number of carbonyl (C=O) groups is 1. The summed E-state index contributed by atoms with van der Waals surface area (Å²) >= 11 is 1.62. The summed E-state index contributed by atoms with van der Waals surface area (Å²) < 4.78 is 16.4. The molecule has 8 heteroatoms. The van der Waals surface area contributed by atoms with E-state index in [0.29, 0.717) is 23.2 Å². The van der Waals surface area contributed by atoms with E-state index in [0.717, 1.165) is 57.9 Å². The van der Waals surface area contributed by atoms with Crippen molar-refractivity contribution in [3.05, 3.63) is 66.2 Å². The molecule has 3 aliphatic rings. The molecule has 35 heavy (non-hydrogen) atoms. The van der Waals surface area contributed by atoms with Gasteiger partial charge in [0.1, 0.15) is 0 Å². The Hall–Kier alpha value is -3.78. The van der Waals surface area contributed by atoms with Crippen LogP contribution in [0.3, 0.4) is 0 Å². The molecule has 7 nitrogen and oxygen atoms in total. The van der Waals surface area contributed by atoms with Crippen LogP contribution < -0.4 is 14.4 Å². The number of ether oxygens (including phenoxy) is 2. The molecule has 0 spiro atoms. The number of hydrogen-bond acceptors (Lipinski definition) is 7. The van der Waals surface area contributed by atoms with Crippen LogP contribution in [0.15, 0.2) is 75.0 Å². The molecule has 1 amide bonds. The maximum Gasteiger partial charge on any atom is 0.259 e. The molecule has 1 saturated carbocycles. The van der Waals surface area contributed by atoms with Crippen LogP contribution in [-0.4, -0.2) is 28.9 Å². The Balaban J connectivity index is 1.28. The summed E-state index contributed by atoms with van der Waals surface area (Å²) in [5, 5.41) is 4.24. The SMILES string of the molecule is O=C1c2ccccc2Sc2cc(-c3noc(-c4ccc5c(c4)OCO5)n3)ccc2N1C1CCCC1. The number of fused-ring (bicyclic) bond motifs is 3. The summed E-state index contributed by atoms with van der Waals surface area (Å²) in [5.74, 6) is 2.36. The van der Waals surface area contributed by atoms with E-state index in [1.807, 2.05) is 59.5 Å². The largest absolute Gasteiger partial charge is 0.454 e.